The Balaban J connectivity index is 1.53. The van der Waals surface area contributed by atoms with Gasteiger partial charge in [-0.05, 0) is 43.5 Å². The summed E-state index contributed by atoms with van der Waals surface area (Å²) in [5.74, 6) is 2.37. The summed E-state index contributed by atoms with van der Waals surface area (Å²) in [6.45, 7) is 5.69. The lowest BCUT2D eigenvalue weighted by molar-refractivity contribution is 0.112. The lowest BCUT2D eigenvalue weighted by Gasteiger charge is -2.30. The van der Waals surface area contributed by atoms with Gasteiger partial charge in [-0.1, -0.05) is 0 Å². The summed E-state index contributed by atoms with van der Waals surface area (Å²) in [4.78, 5) is 14.4. The van der Waals surface area contributed by atoms with Crippen LogP contribution in [0.3, 0.4) is 0 Å². The van der Waals surface area contributed by atoms with E-state index in [1.165, 1.54) is 22.8 Å². The molecule has 0 aromatic heterocycles. The van der Waals surface area contributed by atoms with E-state index in [2.05, 4.69) is 28.5 Å². The molecule has 2 amide bonds. The van der Waals surface area contributed by atoms with Crippen molar-refractivity contribution in [1.29, 1.82) is 0 Å². The number of thioether (sulfide) groups is 1. The maximum absolute atomic E-state index is 12.0. The number of ether oxygens (including phenoxy) is 1. The summed E-state index contributed by atoms with van der Waals surface area (Å²) in [7, 11) is 0. The van der Waals surface area contributed by atoms with Crippen LogP contribution in [0.5, 0.6) is 0 Å². The predicted molar refractivity (Wildman–Crippen MR) is 96.7 cm³/mol. The number of aryl methyl sites for hydroxylation is 1. The molecule has 0 saturated carbocycles. The number of urea groups is 1. The Hall–Kier alpha value is -1.40. The third-order valence-corrected chi connectivity index (χ3v) is 5.26. The van der Waals surface area contributed by atoms with Gasteiger partial charge in [-0.3, -0.25) is 0 Å². The lowest BCUT2D eigenvalue weighted by atomic mass is 10.1. The normalized spacial score (nSPS) is 21.3. The molecule has 2 N–H and O–H groups in total. The summed E-state index contributed by atoms with van der Waals surface area (Å²) in [5.41, 5.74) is 3.31. The van der Waals surface area contributed by atoms with E-state index in [1.807, 2.05) is 23.9 Å². The number of nitrogens with one attached hydrogen (secondary N) is 2. The minimum atomic E-state index is -0.165. The number of hydrogen-bond acceptors (Lipinski definition) is 4. The fourth-order valence-corrected chi connectivity index (χ4v) is 3.98. The monoisotopic (exact) mass is 335 g/mol. The molecule has 6 heteroatoms. The van der Waals surface area contributed by atoms with Gasteiger partial charge in [0.25, 0.3) is 0 Å². The van der Waals surface area contributed by atoms with E-state index in [-0.39, 0.29) is 12.1 Å². The van der Waals surface area contributed by atoms with Crippen molar-refractivity contribution in [2.75, 3.05) is 48.0 Å². The van der Waals surface area contributed by atoms with Gasteiger partial charge < -0.3 is 20.3 Å². The van der Waals surface area contributed by atoms with Crippen molar-refractivity contribution in [2.24, 2.45) is 0 Å². The highest BCUT2D eigenvalue weighted by Gasteiger charge is 2.17. The minimum Gasteiger partial charge on any atom is -0.376 e. The number of amides is 2. The van der Waals surface area contributed by atoms with Crippen molar-refractivity contribution in [3.05, 3.63) is 23.8 Å². The second kappa shape index (κ2) is 7.93. The number of benzene rings is 1. The van der Waals surface area contributed by atoms with Gasteiger partial charge in [-0.2, -0.15) is 11.8 Å². The van der Waals surface area contributed by atoms with Crippen molar-refractivity contribution in [3.8, 4) is 0 Å². The molecule has 2 aliphatic heterocycles. The number of carbonyl (C=O) groups excluding carboxylic acids is 1. The van der Waals surface area contributed by atoms with E-state index in [0.717, 1.165) is 38.2 Å². The van der Waals surface area contributed by atoms with Crippen molar-refractivity contribution >= 4 is 29.2 Å². The van der Waals surface area contributed by atoms with E-state index in [0.29, 0.717) is 6.54 Å². The third-order valence-electron chi connectivity index (χ3n) is 4.32. The molecule has 1 aromatic rings. The number of hydrogen-bond donors (Lipinski definition) is 2. The topological polar surface area (TPSA) is 53.6 Å². The van der Waals surface area contributed by atoms with E-state index < -0.39 is 0 Å². The van der Waals surface area contributed by atoms with Crippen LogP contribution >= 0.6 is 11.8 Å². The number of nitrogens with zero attached hydrogens (tertiary/aromatic N) is 1. The van der Waals surface area contributed by atoms with Crippen molar-refractivity contribution in [2.45, 2.75) is 25.9 Å². The fourth-order valence-electron chi connectivity index (χ4n) is 3.08. The van der Waals surface area contributed by atoms with Gasteiger partial charge in [0, 0.05) is 49.1 Å². The molecular weight excluding hydrogens is 310 g/mol. The molecule has 5 nitrogen and oxygen atoms in total. The van der Waals surface area contributed by atoms with Crippen LogP contribution in [0.4, 0.5) is 16.2 Å². The van der Waals surface area contributed by atoms with Gasteiger partial charge in [-0.15, -0.1) is 0 Å². The summed E-state index contributed by atoms with van der Waals surface area (Å²) in [6, 6.07) is 5.97. The molecule has 2 aliphatic rings. The van der Waals surface area contributed by atoms with Crippen LogP contribution < -0.4 is 15.5 Å². The zero-order valence-electron chi connectivity index (χ0n) is 13.6. The molecule has 1 atom stereocenters. The summed E-state index contributed by atoms with van der Waals surface area (Å²) in [6.07, 6.45) is 2.29. The van der Waals surface area contributed by atoms with E-state index in [1.54, 1.807) is 0 Å². The summed E-state index contributed by atoms with van der Waals surface area (Å²) >= 11 is 2.01. The Labute approximate surface area is 142 Å². The second-order valence-electron chi connectivity index (χ2n) is 6.07. The Morgan fingerprint density at radius 2 is 2.22 bits per heavy atom. The zero-order valence-corrected chi connectivity index (χ0v) is 14.5. The van der Waals surface area contributed by atoms with Crippen LogP contribution in [0.2, 0.25) is 0 Å². The molecule has 3 rings (SSSR count). The predicted octanol–water partition coefficient (Wildman–Crippen LogP) is 2.85. The SMILES string of the molecule is Cc1cc(NC(=O)NC[C@H]2CCCO2)ccc1N1CCSCC1. The maximum Gasteiger partial charge on any atom is 0.319 e. The van der Waals surface area contributed by atoms with E-state index in [4.69, 9.17) is 4.74 Å². The Kier molecular flexibility index (Phi) is 5.67. The van der Waals surface area contributed by atoms with Crippen LogP contribution in [-0.2, 0) is 4.74 Å². The Morgan fingerprint density at radius 1 is 1.39 bits per heavy atom. The molecule has 0 unspecified atom stereocenters. The summed E-state index contributed by atoms with van der Waals surface area (Å²) in [5, 5.41) is 5.79. The first kappa shape index (κ1) is 16.5. The summed E-state index contributed by atoms with van der Waals surface area (Å²) < 4.78 is 5.51. The van der Waals surface area contributed by atoms with Crippen molar-refractivity contribution < 1.29 is 9.53 Å². The third kappa shape index (κ3) is 4.54. The smallest absolute Gasteiger partial charge is 0.319 e. The highest BCUT2D eigenvalue weighted by Crippen LogP contribution is 2.26. The van der Waals surface area contributed by atoms with Gasteiger partial charge in [0.1, 0.15) is 0 Å². The zero-order chi connectivity index (χ0) is 16.1. The molecule has 23 heavy (non-hydrogen) atoms. The molecule has 2 heterocycles. The van der Waals surface area contributed by atoms with Gasteiger partial charge in [0.2, 0.25) is 0 Å². The van der Waals surface area contributed by atoms with Gasteiger partial charge >= 0.3 is 6.03 Å². The van der Waals surface area contributed by atoms with Gasteiger partial charge in [-0.25, -0.2) is 4.79 Å². The molecule has 0 aliphatic carbocycles. The molecule has 126 valence electrons. The first-order valence-corrected chi connectivity index (χ1v) is 9.47. The molecule has 1 aromatic carbocycles. The molecular formula is C17H25N3O2S. The molecule has 0 radical (unpaired) electrons. The number of anilines is 2. The van der Waals surface area contributed by atoms with Crippen LogP contribution in [0, 0.1) is 6.92 Å². The van der Waals surface area contributed by atoms with Crippen molar-refractivity contribution in [3.63, 3.8) is 0 Å². The van der Waals surface area contributed by atoms with Crippen LogP contribution in [0.25, 0.3) is 0 Å². The number of rotatable bonds is 4. The van der Waals surface area contributed by atoms with Crippen LogP contribution in [0.1, 0.15) is 18.4 Å². The van der Waals surface area contributed by atoms with E-state index in [9.17, 15) is 4.79 Å². The highest BCUT2D eigenvalue weighted by molar-refractivity contribution is 7.99. The minimum absolute atomic E-state index is 0.165. The quantitative estimate of drug-likeness (QED) is 0.888. The van der Waals surface area contributed by atoms with E-state index >= 15 is 0 Å². The standard InChI is InChI=1S/C17H25N3O2S/c1-13-11-14(4-5-16(13)20-6-9-23-10-7-20)19-17(21)18-12-15-3-2-8-22-15/h4-5,11,15H,2-3,6-10,12H2,1H3,(H2,18,19,21)/t15-/m1/s1. The lowest BCUT2D eigenvalue weighted by Crippen LogP contribution is -2.35. The molecule has 2 saturated heterocycles. The number of carbonyl (C=O) groups is 1. The highest BCUT2D eigenvalue weighted by atomic mass is 32.2. The molecule has 0 spiro atoms. The Bertz CT molecular complexity index is 541. The van der Waals surface area contributed by atoms with Gasteiger partial charge in [0.05, 0.1) is 6.10 Å². The largest absolute Gasteiger partial charge is 0.376 e. The first-order valence-electron chi connectivity index (χ1n) is 8.32. The Morgan fingerprint density at radius 3 is 2.91 bits per heavy atom. The maximum atomic E-state index is 12.0. The van der Waals surface area contributed by atoms with Crippen LogP contribution in [-0.4, -0.2) is 49.9 Å². The molecule has 0 bridgehead atoms. The fraction of sp³-hybridized carbons (Fsp3) is 0.588. The first-order chi connectivity index (χ1) is 11.2. The average Bonchev–Trinajstić information content (AvgIpc) is 3.07. The molecule has 2 fully saturated rings. The van der Waals surface area contributed by atoms with Crippen LogP contribution in [0.15, 0.2) is 18.2 Å². The average molecular weight is 335 g/mol. The van der Waals surface area contributed by atoms with Crippen molar-refractivity contribution in [1.82, 2.24) is 5.32 Å². The van der Waals surface area contributed by atoms with Gasteiger partial charge in [0.15, 0.2) is 0 Å². The second-order valence-corrected chi connectivity index (χ2v) is 7.30.